The van der Waals surface area contributed by atoms with Crippen molar-refractivity contribution in [1.29, 1.82) is 0 Å². The van der Waals surface area contributed by atoms with Crippen molar-refractivity contribution in [2.45, 2.75) is 58.0 Å². The Labute approximate surface area is 226 Å². The molecule has 2 aromatic carbocycles. The Morgan fingerprint density at radius 2 is 1.86 bits per heavy atom. The summed E-state index contributed by atoms with van der Waals surface area (Å²) in [5.41, 5.74) is 7.04. The van der Waals surface area contributed by atoms with Gasteiger partial charge >= 0.3 is 6.09 Å². The second-order valence-electron chi connectivity index (χ2n) is 10.8. The van der Waals surface area contributed by atoms with Gasteiger partial charge in [-0.25, -0.2) is 9.78 Å². The predicted molar refractivity (Wildman–Crippen MR) is 147 cm³/mol. The molecule has 2 amide bonds. The van der Waals surface area contributed by atoms with E-state index in [1.165, 1.54) is 29.4 Å². The number of likely N-dealkylation sites (tertiary alicyclic amines) is 1. The van der Waals surface area contributed by atoms with Crippen LogP contribution in [0.5, 0.6) is 0 Å². The highest BCUT2D eigenvalue weighted by molar-refractivity contribution is 9.10. The van der Waals surface area contributed by atoms with E-state index in [4.69, 9.17) is 9.72 Å². The van der Waals surface area contributed by atoms with Crippen LogP contribution in [0.3, 0.4) is 0 Å². The number of carbonyl (C=O) groups excluding carboxylic acids is 2. The fourth-order valence-electron chi connectivity index (χ4n) is 5.72. The maximum atomic E-state index is 13.4. The minimum Gasteiger partial charge on any atom is -0.453 e. The van der Waals surface area contributed by atoms with E-state index in [-0.39, 0.29) is 23.3 Å². The molecule has 0 radical (unpaired) electrons. The number of fused-ring (bicyclic) bond motifs is 3. The van der Waals surface area contributed by atoms with Crippen LogP contribution in [0.2, 0.25) is 0 Å². The summed E-state index contributed by atoms with van der Waals surface area (Å²) >= 11 is 3.63. The van der Waals surface area contributed by atoms with Gasteiger partial charge in [0.05, 0.1) is 25.0 Å². The zero-order valence-electron chi connectivity index (χ0n) is 21.9. The molecule has 1 aromatic heterocycles. The number of rotatable bonds is 5. The van der Waals surface area contributed by atoms with Crippen molar-refractivity contribution in [3.05, 3.63) is 64.0 Å². The normalized spacial score (nSPS) is 18.5. The molecule has 5 rings (SSSR count). The molecule has 0 bridgehead atoms. The topological polar surface area (TPSA) is 87.3 Å². The van der Waals surface area contributed by atoms with Crippen molar-refractivity contribution in [2.75, 3.05) is 13.7 Å². The zero-order chi connectivity index (χ0) is 26.5. The molecule has 0 unspecified atom stereocenters. The van der Waals surface area contributed by atoms with Crippen LogP contribution in [0.25, 0.3) is 22.4 Å². The average Bonchev–Trinajstić information content (AvgIpc) is 3.59. The van der Waals surface area contributed by atoms with Crippen LogP contribution >= 0.6 is 15.9 Å². The average molecular weight is 566 g/mol. The van der Waals surface area contributed by atoms with Gasteiger partial charge in [0.25, 0.3) is 0 Å². The summed E-state index contributed by atoms with van der Waals surface area (Å²) in [5.74, 6) is 0.594. The third kappa shape index (κ3) is 4.45. The molecule has 37 heavy (non-hydrogen) atoms. The van der Waals surface area contributed by atoms with Crippen molar-refractivity contribution < 1.29 is 14.3 Å². The molecule has 194 valence electrons. The molecule has 2 heterocycles. The molecule has 8 heteroatoms. The molecule has 1 aliphatic heterocycles. The summed E-state index contributed by atoms with van der Waals surface area (Å²) in [6.07, 6.45) is 2.97. The molecule has 0 saturated carbocycles. The Morgan fingerprint density at radius 1 is 1.16 bits per heavy atom. The van der Waals surface area contributed by atoms with Gasteiger partial charge < -0.3 is 19.9 Å². The molecule has 7 nitrogen and oxygen atoms in total. The first-order chi connectivity index (χ1) is 17.6. The van der Waals surface area contributed by atoms with Gasteiger partial charge in [0, 0.05) is 16.4 Å². The van der Waals surface area contributed by atoms with E-state index in [0.717, 1.165) is 34.4 Å². The Bertz CT molecular complexity index is 1360. The number of alkyl carbamates (subject to hydrolysis) is 1. The first-order valence-corrected chi connectivity index (χ1v) is 13.6. The first-order valence-electron chi connectivity index (χ1n) is 12.8. The molecule has 2 aliphatic rings. The number of aromatic nitrogens is 2. The minimum atomic E-state index is -0.650. The summed E-state index contributed by atoms with van der Waals surface area (Å²) < 4.78 is 5.82. The van der Waals surface area contributed by atoms with Crippen molar-refractivity contribution in [3.63, 3.8) is 0 Å². The van der Waals surface area contributed by atoms with Crippen LogP contribution in [0.15, 0.2) is 47.1 Å². The second kappa shape index (κ2) is 9.63. The Morgan fingerprint density at radius 3 is 2.57 bits per heavy atom. The summed E-state index contributed by atoms with van der Waals surface area (Å²) in [6.45, 7) is 9.00. The third-order valence-corrected chi connectivity index (χ3v) is 8.28. The van der Waals surface area contributed by atoms with Gasteiger partial charge in [-0.15, -0.1) is 0 Å². The van der Waals surface area contributed by atoms with Crippen LogP contribution < -0.4 is 5.32 Å². The quantitative estimate of drug-likeness (QED) is 0.386. The first kappa shape index (κ1) is 25.5. The number of hydrogen-bond donors (Lipinski definition) is 2. The van der Waals surface area contributed by atoms with Crippen molar-refractivity contribution in [1.82, 2.24) is 20.2 Å². The highest BCUT2D eigenvalue weighted by atomic mass is 79.9. The Hall–Kier alpha value is -3.13. The lowest BCUT2D eigenvalue weighted by atomic mass is 9.82. The number of nitrogens with zero attached hydrogens (tertiary/aromatic N) is 2. The van der Waals surface area contributed by atoms with Crippen LogP contribution in [0.1, 0.15) is 63.5 Å². The SMILES string of the molecule is COC(=O)N[C@H](C(=O)N1CCC[C@H]1c1ncc(-c2ccc3c(c2)C(C)(C)c2cc(Br)ccc2-3)[nH]1)C(C)C. The number of hydrogen-bond acceptors (Lipinski definition) is 4. The maximum Gasteiger partial charge on any atom is 0.407 e. The van der Waals surface area contributed by atoms with Crippen LogP contribution in [0, 0.1) is 5.92 Å². The molecular formula is C29H33BrN4O3. The predicted octanol–water partition coefficient (Wildman–Crippen LogP) is 6.19. The summed E-state index contributed by atoms with van der Waals surface area (Å²) in [7, 11) is 1.30. The van der Waals surface area contributed by atoms with Crippen LogP contribution in [-0.2, 0) is 14.9 Å². The lowest BCUT2D eigenvalue weighted by Crippen LogP contribution is -2.51. The monoisotopic (exact) mass is 564 g/mol. The number of nitrogens with one attached hydrogen (secondary N) is 2. The number of carbonyl (C=O) groups is 2. The number of H-pyrrole nitrogens is 1. The lowest BCUT2D eigenvalue weighted by Gasteiger charge is -2.30. The van der Waals surface area contributed by atoms with Crippen molar-refractivity contribution in [3.8, 4) is 22.4 Å². The van der Waals surface area contributed by atoms with Crippen molar-refractivity contribution >= 4 is 27.9 Å². The standard InChI is InChI=1S/C29H33BrN4O3/c1-16(2)25(33-28(36)37-5)27(35)34-12-6-7-24(34)26-31-15-23(32-26)17-8-10-19-20-11-9-18(30)14-22(20)29(3,4)21(19)13-17/h8-11,13-16,24-25H,6-7,12H2,1-5H3,(H,31,32)(H,33,36)/t24-,25-/m0/s1. The number of methoxy groups -OCH3 is 1. The van der Waals surface area contributed by atoms with Crippen molar-refractivity contribution in [2.24, 2.45) is 5.92 Å². The summed E-state index contributed by atoms with van der Waals surface area (Å²) in [4.78, 5) is 35.3. The number of halogens is 1. The van der Waals surface area contributed by atoms with E-state index in [1.54, 1.807) is 0 Å². The van der Waals surface area contributed by atoms with E-state index in [9.17, 15) is 9.59 Å². The Balaban J connectivity index is 1.41. The van der Waals surface area contributed by atoms with Gasteiger partial charge in [0.2, 0.25) is 5.91 Å². The van der Waals surface area contributed by atoms with E-state index >= 15 is 0 Å². The Kier molecular flexibility index (Phi) is 6.64. The second-order valence-corrected chi connectivity index (χ2v) is 11.7. The molecule has 1 saturated heterocycles. The van der Waals surface area contributed by atoms with Crippen LogP contribution in [0.4, 0.5) is 4.79 Å². The van der Waals surface area contributed by atoms with E-state index in [0.29, 0.717) is 6.54 Å². The number of amides is 2. The van der Waals surface area contributed by atoms with Gasteiger partial charge in [-0.05, 0) is 64.8 Å². The third-order valence-electron chi connectivity index (χ3n) is 7.79. The fraction of sp³-hybridized carbons (Fsp3) is 0.414. The fourth-order valence-corrected chi connectivity index (χ4v) is 6.08. The molecule has 3 aromatic rings. The van der Waals surface area contributed by atoms with Gasteiger partial charge in [-0.1, -0.05) is 61.8 Å². The highest BCUT2D eigenvalue weighted by Gasteiger charge is 2.38. The molecule has 2 N–H and O–H groups in total. The van der Waals surface area contributed by atoms with Crippen LogP contribution in [-0.4, -0.2) is 46.6 Å². The van der Waals surface area contributed by atoms with Gasteiger partial charge in [-0.3, -0.25) is 4.79 Å². The summed E-state index contributed by atoms with van der Waals surface area (Å²) in [6, 6.07) is 12.3. The van der Waals surface area contributed by atoms with Gasteiger partial charge in [-0.2, -0.15) is 0 Å². The number of aromatic amines is 1. The molecular weight excluding hydrogens is 532 g/mol. The lowest BCUT2D eigenvalue weighted by molar-refractivity contribution is -0.135. The van der Waals surface area contributed by atoms with E-state index < -0.39 is 12.1 Å². The number of benzene rings is 2. The minimum absolute atomic E-state index is 0.0699. The molecule has 1 fully saturated rings. The number of ether oxygens (including phenoxy) is 1. The zero-order valence-corrected chi connectivity index (χ0v) is 23.5. The largest absolute Gasteiger partial charge is 0.453 e. The van der Waals surface area contributed by atoms with E-state index in [1.807, 2.05) is 24.9 Å². The highest BCUT2D eigenvalue weighted by Crippen LogP contribution is 2.50. The van der Waals surface area contributed by atoms with E-state index in [2.05, 4.69) is 76.5 Å². The van der Waals surface area contributed by atoms with Gasteiger partial charge in [0.15, 0.2) is 0 Å². The maximum absolute atomic E-state index is 13.4. The number of imidazole rings is 1. The smallest absolute Gasteiger partial charge is 0.407 e. The summed E-state index contributed by atoms with van der Waals surface area (Å²) in [5, 5.41) is 2.70. The molecule has 0 spiro atoms. The van der Waals surface area contributed by atoms with Gasteiger partial charge in [0.1, 0.15) is 11.9 Å². The molecule has 2 atom stereocenters. The molecule has 1 aliphatic carbocycles.